The van der Waals surface area contributed by atoms with Crippen molar-refractivity contribution in [2.24, 2.45) is 5.92 Å². The lowest BCUT2D eigenvalue weighted by molar-refractivity contribution is -0.141. The van der Waals surface area contributed by atoms with E-state index in [9.17, 15) is 14.0 Å². The fraction of sp³-hybridized carbons (Fsp3) is 0.429. The van der Waals surface area contributed by atoms with Gasteiger partial charge in [-0.25, -0.2) is 4.39 Å². The van der Waals surface area contributed by atoms with E-state index >= 15 is 0 Å². The summed E-state index contributed by atoms with van der Waals surface area (Å²) in [4.78, 5) is 23.4. The molecule has 2 rings (SSSR count). The summed E-state index contributed by atoms with van der Waals surface area (Å²) in [5.41, 5.74) is 0. The maximum atomic E-state index is 12.7. The van der Waals surface area contributed by atoms with Crippen molar-refractivity contribution < 1.29 is 19.1 Å². The summed E-state index contributed by atoms with van der Waals surface area (Å²) in [5, 5.41) is 11.7. The predicted octanol–water partition coefficient (Wildman–Crippen LogP) is 2.29. The number of halogens is 1. The first kappa shape index (κ1) is 14.8. The minimum atomic E-state index is -0.789. The zero-order valence-corrected chi connectivity index (χ0v) is 11.7. The van der Waals surface area contributed by atoms with Crippen LogP contribution in [0.15, 0.2) is 29.2 Å². The molecule has 1 aliphatic carbocycles. The molecule has 6 heteroatoms. The van der Waals surface area contributed by atoms with Crippen LogP contribution in [0, 0.1) is 11.7 Å². The number of carbonyl (C=O) groups excluding carboxylic acids is 1. The fourth-order valence-electron chi connectivity index (χ4n) is 2.29. The molecule has 2 N–H and O–H groups in total. The summed E-state index contributed by atoms with van der Waals surface area (Å²) in [6.07, 6.45) is 1.83. The van der Waals surface area contributed by atoms with E-state index in [1.165, 1.54) is 23.9 Å². The second kappa shape index (κ2) is 6.74. The third-order valence-electron chi connectivity index (χ3n) is 3.33. The van der Waals surface area contributed by atoms with Gasteiger partial charge in [-0.3, -0.25) is 9.59 Å². The molecule has 1 saturated carbocycles. The normalized spacial score (nSPS) is 21.6. The molecule has 1 fully saturated rings. The molecule has 0 aliphatic heterocycles. The molecule has 0 aromatic heterocycles. The molecular formula is C14H16FNO3S. The molecule has 1 aliphatic rings. The summed E-state index contributed by atoms with van der Waals surface area (Å²) in [7, 11) is 0. The van der Waals surface area contributed by atoms with Crippen LogP contribution in [-0.4, -0.2) is 28.8 Å². The van der Waals surface area contributed by atoms with E-state index < -0.39 is 5.97 Å². The highest BCUT2D eigenvalue weighted by Gasteiger charge is 2.30. The third kappa shape index (κ3) is 4.23. The van der Waals surface area contributed by atoms with Gasteiger partial charge >= 0.3 is 5.97 Å². The molecule has 0 radical (unpaired) electrons. The van der Waals surface area contributed by atoms with Crippen molar-refractivity contribution in [2.45, 2.75) is 30.2 Å². The van der Waals surface area contributed by atoms with Crippen molar-refractivity contribution in [3.05, 3.63) is 30.1 Å². The predicted molar refractivity (Wildman–Crippen MR) is 74.0 cm³/mol. The van der Waals surface area contributed by atoms with Gasteiger partial charge in [0.2, 0.25) is 5.91 Å². The number of aliphatic carboxylic acids is 1. The fourth-order valence-corrected chi connectivity index (χ4v) is 3.00. The van der Waals surface area contributed by atoms with Gasteiger partial charge in [0.25, 0.3) is 0 Å². The van der Waals surface area contributed by atoms with E-state index in [2.05, 4.69) is 5.32 Å². The molecule has 1 aromatic carbocycles. The monoisotopic (exact) mass is 297 g/mol. The highest BCUT2D eigenvalue weighted by atomic mass is 32.2. The van der Waals surface area contributed by atoms with Gasteiger partial charge in [-0.2, -0.15) is 0 Å². The number of rotatable bonds is 5. The maximum Gasteiger partial charge on any atom is 0.306 e. The molecule has 0 heterocycles. The van der Waals surface area contributed by atoms with Crippen LogP contribution in [0.2, 0.25) is 0 Å². The first-order valence-corrected chi connectivity index (χ1v) is 7.43. The minimum Gasteiger partial charge on any atom is -0.481 e. The summed E-state index contributed by atoms with van der Waals surface area (Å²) < 4.78 is 12.7. The van der Waals surface area contributed by atoms with Crippen molar-refractivity contribution in [1.29, 1.82) is 0 Å². The van der Waals surface area contributed by atoms with E-state index in [1.54, 1.807) is 12.1 Å². The number of nitrogens with one attached hydrogen (secondary N) is 1. The largest absolute Gasteiger partial charge is 0.481 e. The molecule has 1 aromatic rings. The molecule has 1 amide bonds. The zero-order valence-electron chi connectivity index (χ0n) is 10.8. The van der Waals surface area contributed by atoms with Crippen LogP contribution in [-0.2, 0) is 9.59 Å². The van der Waals surface area contributed by atoms with Crippen LogP contribution in [0.1, 0.15) is 19.3 Å². The summed E-state index contributed by atoms with van der Waals surface area (Å²) in [5.74, 6) is -1.30. The minimum absolute atomic E-state index is 0.0441. The van der Waals surface area contributed by atoms with Crippen molar-refractivity contribution in [1.82, 2.24) is 5.32 Å². The topological polar surface area (TPSA) is 66.4 Å². The van der Waals surface area contributed by atoms with Crippen LogP contribution >= 0.6 is 11.8 Å². The Labute approximate surface area is 120 Å². The van der Waals surface area contributed by atoms with E-state index in [1.807, 2.05) is 0 Å². The Morgan fingerprint density at radius 1 is 1.30 bits per heavy atom. The molecule has 4 nitrogen and oxygen atoms in total. The van der Waals surface area contributed by atoms with Gasteiger partial charge in [-0.05, 0) is 43.5 Å². The van der Waals surface area contributed by atoms with Gasteiger partial charge in [0.15, 0.2) is 0 Å². The van der Waals surface area contributed by atoms with Gasteiger partial charge < -0.3 is 10.4 Å². The van der Waals surface area contributed by atoms with Crippen molar-refractivity contribution in [2.75, 3.05) is 5.75 Å². The first-order chi connectivity index (χ1) is 9.54. The highest BCUT2D eigenvalue weighted by Crippen LogP contribution is 2.26. The second-order valence-corrected chi connectivity index (χ2v) is 5.90. The molecule has 0 bridgehead atoms. The van der Waals surface area contributed by atoms with Crippen LogP contribution in [0.25, 0.3) is 0 Å². The van der Waals surface area contributed by atoms with Gasteiger partial charge in [-0.1, -0.05) is 0 Å². The van der Waals surface area contributed by atoms with E-state index in [-0.39, 0.29) is 29.4 Å². The van der Waals surface area contributed by atoms with Gasteiger partial charge in [0, 0.05) is 10.9 Å². The van der Waals surface area contributed by atoms with Crippen LogP contribution in [0.5, 0.6) is 0 Å². The number of hydrogen-bond donors (Lipinski definition) is 2. The molecule has 2 atom stereocenters. The molecule has 20 heavy (non-hydrogen) atoms. The highest BCUT2D eigenvalue weighted by molar-refractivity contribution is 8.00. The summed E-state index contributed by atoms with van der Waals surface area (Å²) in [6.45, 7) is 0. The molecule has 108 valence electrons. The van der Waals surface area contributed by atoms with E-state index in [0.29, 0.717) is 19.3 Å². The molecule has 0 spiro atoms. The molecule has 2 unspecified atom stereocenters. The standard InChI is InChI=1S/C14H16FNO3S/c15-10-2-5-12(6-3-10)20-8-13(17)16-11-4-1-9(7-11)14(18)19/h2-3,5-6,9,11H,1,4,7-8H2,(H,16,17)(H,18,19). The quantitative estimate of drug-likeness (QED) is 0.818. The Morgan fingerprint density at radius 3 is 2.60 bits per heavy atom. The smallest absolute Gasteiger partial charge is 0.306 e. The van der Waals surface area contributed by atoms with Gasteiger partial charge in [0.05, 0.1) is 11.7 Å². The number of carbonyl (C=O) groups is 2. The van der Waals surface area contributed by atoms with Crippen molar-refractivity contribution in [3.63, 3.8) is 0 Å². The Bertz CT molecular complexity index is 492. The zero-order chi connectivity index (χ0) is 14.5. The number of amides is 1. The number of carboxylic acid groups (broad SMARTS) is 1. The lowest BCUT2D eigenvalue weighted by atomic mass is 10.1. The maximum absolute atomic E-state index is 12.7. The first-order valence-electron chi connectivity index (χ1n) is 6.45. The van der Waals surface area contributed by atoms with Crippen LogP contribution in [0.3, 0.4) is 0 Å². The summed E-state index contributed by atoms with van der Waals surface area (Å²) >= 11 is 1.33. The Kier molecular flexibility index (Phi) is 5.00. The lowest BCUT2D eigenvalue weighted by Gasteiger charge is -2.12. The Hall–Kier alpha value is -1.56. The van der Waals surface area contributed by atoms with Crippen molar-refractivity contribution >= 4 is 23.6 Å². The Balaban J connectivity index is 1.73. The lowest BCUT2D eigenvalue weighted by Crippen LogP contribution is -2.34. The van der Waals surface area contributed by atoms with Crippen LogP contribution < -0.4 is 5.32 Å². The number of thioether (sulfide) groups is 1. The number of carboxylic acids is 1. The second-order valence-electron chi connectivity index (χ2n) is 4.86. The van der Waals surface area contributed by atoms with Crippen molar-refractivity contribution in [3.8, 4) is 0 Å². The van der Waals surface area contributed by atoms with E-state index in [4.69, 9.17) is 5.11 Å². The third-order valence-corrected chi connectivity index (χ3v) is 4.34. The number of hydrogen-bond acceptors (Lipinski definition) is 3. The molecular weight excluding hydrogens is 281 g/mol. The SMILES string of the molecule is O=C(CSc1ccc(F)cc1)NC1CCC(C(=O)O)C1. The Morgan fingerprint density at radius 2 is 2.00 bits per heavy atom. The average Bonchev–Trinajstić information content (AvgIpc) is 2.87. The average molecular weight is 297 g/mol. The number of benzene rings is 1. The van der Waals surface area contributed by atoms with Crippen LogP contribution in [0.4, 0.5) is 4.39 Å². The van der Waals surface area contributed by atoms with Gasteiger partial charge in [0.1, 0.15) is 5.82 Å². The summed E-state index contributed by atoms with van der Waals surface area (Å²) in [6, 6.07) is 5.92. The van der Waals surface area contributed by atoms with E-state index in [0.717, 1.165) is 4.90 Å². The van der Waals surface area contributed by atoms with Gasteiger partial charge in [-0.15, -0.1) is 11.8 Å². The molecule has 0 saturated heterocycles.